The Balaban J connectivity index is 1.89. The molecule has 0 unspecified atom stereocenters. The number of rotatable bonds is 4. The lowest BCUT2D eigenvalue weighted by Crippen LogP contribution is -2.59. The number of hydrogen-bond acceptors (Lipinski definition) is 3. The summed E-state index contributed by atoms with van der Waals surface area (Å²) in [6, 6.07) is 5.72. The summed E-state index contributed by atoms with van der Waals surface area (Å²) in [5.74, 6) is -0.121. The van der Waals surface area contributed by atoms with Gasteiger partial charge in [0.2, 0.25) is 5.91 Å². The van der Waals surface area contributed by atoms with Gasteiger partial charge in [0.15, 0.2) is 0 Å². The minimum absolute atomic E-state index is 0.0874. The Bertz CT molecular complexity index is 458. The van der Waals surface area contributed by atoms with E-state index in [0.29, 0.717) is 0 Å². The lowest BCUT2D eigenvalue weighted by Gasteiger charge is -2.38. The fraction of sp³-hybridized carbons (Fsp3) is 0.462. The van der Waals surface area contributed by atoms with E-state index in [4.69, 9.17) is 4.74 Å². The van der Waals surface area contributed by atoms with Crippen molar-refractivity contribution < 1.29 is 9.53 Å². The molecule has 0 atom stereocenters. The van der Waals surface area contributed by atoms with Crippen molar-refractivity contribution in [1.82, 2.24) is 5.32 Å². The monoisotopic (exact) mass is 312 g/mol. The van der Waals surface area contributed by atoms with Gasteiger partial charge in [-0.05, 0) is 31.5 Å². The van der Waals surface area contributed by atoms with Crippen molar-refractivity contribution in [1.29, 1.82) is 0 Å². The van der Waals surface area contributed by atoms with Crippen LogP contribution in [0.5, 0.6) is 0 Å². The molecule has 0 aliphatic carbocycles. The Morgan fingerprint density at radius 3 is 2.89 bits per heavy atom. The normalized spacial score (nSPS) is 17.1. The van der Waals surface area contributed by atoms with Crippen molar-refractivity contribution in [2.45, 2.75) is 19.4 Å². The van der Waals surface area contributed by atoms with Gasteiger partial charge in [0.25, 0.3) is 0 Å². The zero-order chi connectivity index (χ0) is 13.2. The van der Waals surface area contributed by atoms with Crippen LogP contribution in [0.15, 0.2) is 22.7 Å². The summed E-state index contributed by atoms with van der Waals surface area (Å²) in [6.07, 6.45) is 0. The number of carbonyl (C=O) groups excluding carboxylic acids is 1. The highest BCUT2D eigenvalue weighted by atomic mass is 79.9. The Morgan fingerprint density at radius 1 is 1.56 bits per heavy atom. The largest absolute Gasteiger partial charge is 0.363 e. The maximum Gasteiger partial charge on any atom is 0.250 e. The van der Waals surface area contributed by atoms with Crippen LogP contribution in [-0.4, -0.2) is 31.2 Å². The van der Waals surface area contributed by atoms with Crippen LogP contribution in [0.2, 0.25) is 0 Å². The van der Waals surface area contributed by atoms with E-state index in [9.17, 15) is 4.79 Å². The topological polar surface area (TPSA) is 50.4 Å². The van der Waals surface area contributed by atoms with Crippen LogP contribution in [0, 0.1) is 6.92 Å². The SMILES string of the molecule is Cc1c(Br)cccc1NC(=O)COC1(C)CNC1. The Kier molecular flexibility index (Phi) is 4.04. The molecule has 1 aromatic carbocycles. The smallest absolute Gasteiger partial charge is 0.250 e. The summed E-state index contributed by atoms with van der Waals surface area (Å²) < 4.78 is 6.57. The number of hydrogen-bond donors (Lipinski definition) is 2. The van der Waals surface area contributed by atoms with Gasteiger partial charge in [0.1, 0.15) is 6.61 Å². The van der Waals surface area contributed by atoms with Crippen molar-refractivity contribution in [2.75, 3.05) is 25.0 Å². The molecule has 1 aliphatic heterocycles. The number of benzene rings is 1. The summed E-state index contributed by atoms with van der Waals surface area (Å²) in [6.45, 7) is 5.65. The molecule has 1 aliphatic rings. The van der Waals surface area contributed by atoms with E-state index in [0.717, 1.165) is 28.8 Å². The van der Waals surface area contributed by atoms with Crippen LogP contribution in [-0.2, 0) is 9.53 Å². The molecular weight excluding hydrogens is 296 g/mol. The molecule has 2 N–H and O–H groups in total. The quantitative estimate of drug-likeness (QED) is 0.895. The average Bonchev–Trinajstić information content (AvgIpc) is 2.30. The average molecular weight is 313 g/mol. The molecular formula is C13H17BrN2O2. The number of nitrogens with one attached hydrogen (secondary N) is 2. The zero-order valence-corrected chi connectivity index (χ0v) is 12.1. The van der Waals surface area contributed by atoms with Crippen molar-refractivity contribution in [3.05, 3.63) is 28.2 Å². The molecule has 1 saturated heterocycles. The predicted molar refractivity (Wildman–Crippen MR) is 74.7 cm³/mol. The van der Waals surface area contributed by atoms with Gasteiger partial charge in [-0.15, -0.1) is 0 Å². The Hall–Kier alpha value is -0.910. The molecule has 18 heavy (non-hydrogen) atoms. The van der Waals surface area contributed by atoms with Crippen LogP contribution in [0.3, 0.4) is 0 Å². The van der Waals surface area contributed by atoms with E-state index >= 15 is 0 Å². The second kappa shape index (κ2) is 5.38. The molecule has 0 spiro atoms. The van der Waals surface area contributed by atoms with Gasteiger partial charge in [-0.1, -0.05) is 22.0 Å². The fourth-order valence-corrected chi connectivity index (χ4v) is 2.11. The molecule has 2 rings (SSSR count). The number of ether oxygens (including phenoxy) is 1. The van der Waals surface area contributed by atoms with E-state index < -0.39 is 0 Å². The third-order valence-electron chi connectivity index (χ3n) is 3.09. The van der Waals surface area contributed by atoms with Gasteiger partial charge in [-0.2, -0.15) is 0 Å². The highest BCUT2D eigenvalue weighted by Crippen LogP contribution is 2.23. The predicted octanol–water partition coefficient (Wildman–Crippen LogP) is 2.07. The molecule has 98 valence electrons. The van der Waals surface area contributed by atoms with Crippen LogP contribution in [0.4, 0.5) is 5.69 Å². The minimum Gasteiger partial charge on any atom is -0.363 e. The first-order valence-electron chi connectivity index (χ1n) is 5.90. The van der Waals surface area contributed by atoms with Crippen molar-refractivity contribution in [3.63, 3.8) is 0 Å². The van der Waals surface area contributed by atoms with Crippen LogP contribution in [0.1, 0.15) is 12.5 Å². The summed E-state index contributed by atoms with van der Waals surface area (Å²) in [4.78, 5) is 11.8. The molecule has 1 fully saturated rings. The van der Waals surface area contributed by atoms with E-state index in [2.05, 4.69) is 26.6 Å². The van der Waals surface area contributed by atoms with E-state index in [1.165, 1.54) is 0 Å². The van der Waals surface area contributed by atoms with Gasteiger partial charge in [-0.3, -0.25) is 4.79 Å². The summed E-state index contributed by atoms with van der Waals surface area (Å²) in [5.41, 5.74) is 1.64. The number of anilines is 1. The molecule has 0 radical (unpaired) electrons. The second-order valence-corrected chi connectivity index (χ2v) is 5.66. The third-order valence-corrected chi connectivity index (χ3v) is 3.95. The molecule has 0 bridgehead atoms. The van der Waals surface area contributed by atoms with Crippen LogP contribution >= 0.6 is 15.9 Å². The third kappa shape index (κ3) is 3.10. The lowest BCUT2D eigenvalue weighted by molar-refractivity contribution is -0.130. The van der Waals surface area contributed by atoms with Crippen molar-refractivity contribution in [3.8, 4) is 0 Å². The first kappa shape index (κ1) is 13.5. The first-order valence-corrected chi connectivity index (χ1v) is 6.69. The molecule has 1 aromatic rings. The number of amides is 1. The minimum atomic E-state index is -0.191. The highest BCUT2D eigenvalue weighted by molar-refractivity contribution is 9.10. The van der Waals surface area contributed by atoms with Crippen molar-refractivity contribution >= 4 is 27.5 Å². The summed E-state index contributed by atoms with van der Waals surface area (Å²) in [7, 11) is 0. The second-order valence-electron chi connectivity index (χ2n) is 4.80. The summed E-state index contributed by atoms with van der Waals surface area (Å²) >= 11 is 3.44. The zero-order valence-electron chi connectivity index (χ0n) is 10.5. The maximum atomic E-state index is 11.8. The molecule has 1 heterocycles. The first-order chi connectivity index (χ1) is 8.50. The highest BCUT2D eigenvalue weighted by Gasteiger charge is 2.33. The lowest BCUT2D eigenvalue weighted by atomic mass is 10.0. The molecule has 4 nitrogen and oxygen atoms in total. The van der Waals surface area contributed by atoms with Gasteiger partial charge in [0, 0.05) is 23.2 Å². The molecule has 0 aromatic heterocycles. The van der Waals surface area contributed by atoms with E-state index in [-0.39, 0.29) is 18.1 Å². The standard InChI is InChI=1S/C13H17BrN2O2/c1-9-10(14)4-3-5-11(9)16-12(17)6-18-13(2)7-15-8-13/h3-5,15H,6-8H2,1-2H3,(H,16,17). The Morgan fingerprint density at radius 2 is 2.28 bits per heavy atom. The van der Waals surface area contributed by atoms with Gasteiger partial charge >= 0.3 is 0 Å². The van der Waals surface area contributed by atoms with E-state index in [1.807, 2.05) is 32.0 Å². The molecule has 5 heteroatoms. The van der Waals surface area contributed by atoms with Crippen LogP contribution < -0.4 is 10.6 Å². The van der Waals surface area contributed by atoms with Gasteiger partial charge in [0.05, 0.1) is 5.60 Å². The van der Waals surface area contributed by atoms with Gasteiger partial charge in [-0.25, -0.2) is 0 Å². The molecule has 0 saturated carbocycles. The maximum absolute atomic E-state index is 11.8. The Labute approximate surface area is 115 Å². The van der Waals surface area contributed by atoms with E-state index in [1.54, 1.807) is 0 Å². The summed E-state index contributed by atoms with van der Waals surface area (Å²) in [5, 5.41) is 5.99. The van der Waals surface area contributed by atoms with Gasteiger partial charge < -0.3 is 15.4 Å². The fourth-order valence-electron chi connectivity index (χ4n) is 1.75. The molecule has 1 amide bonds. The van der Waals surface area contributed by atoms with Crippen LogP contribution in [0.25, 0.3) is 0 Å². The number of halogens is 1. The van der Waals surface area contributed by atoms with Crippen molar-refractivity contribution in [2.24, 2.45) is 0 Å². The number of carbonyl (C=O) groups is 1.